The van der Waals surface area contributed by atoms with E-state index in [-0.39, 0.29) is 12.3 Å². The number of hydrogen-bond acceptors (Lipinski definition) is 7. The van der Waals surface area contributed by atoms with Crippen molar-refractivity contribution in [3.05, 3.63) is 0 Å². The highest BCUT2D eigenvalue weighted by molar-refractivity contribution is 7.98. The molecule has 3 amide bonds. The van der Waals surface area contributed by atoms with Crippen molar-refractivity contribution in [2.75, 3.05) is 25.2 Å². The minimum absolute atomic E-state index is 0.0663. The number of aliphatic hydroxyl groups excluding tert-OH is 1. The van der Waals surface area contributed by atoms with Crippen LogP contribution in [0.1, 0.15) is 26.7 Å². The largest absolute Gasteiger partial charge is 0.480 e. The first kappa shape index (κ1) is 25.1. The van der Waals surface area contributed by atoms with Gasteiger partial charge in [0.1, 0.15) is 18.1 Å². The molecule has 0 aromatic heterocycles. The number of rotatable bonds is 13. The molecule has 10 nitrogen and oxygen atoms in total. The lowest BCUT2D eigenvalue weighted by molar-refractivity contribution is -0.142. The molecule has 156 valence electrons. The lowest BCUT2D eigenvalue weighted by Crippen LogP contribution is -2.54. The molecule has 0 aliphatic rings. The Hall–Kier alpha value is -1.85. The highest BCUT2D eigenvalue weighted by Gasteiger charge is 2.27. The molecule has 3 atom stereocenters. The van der Waals surface area contributed by atoms with Gasteiger partial charge in [-0.05, 0) is 30.8 Å². The molecule has 0 aromatic rings. The molecular formula is C16H30N4O6S. The van der Waals surface area contributed by atoms with Crippen molar-refractivity contribution in [3.63, 3.8) is 0 Å². The topological polar surface area (TPSA) is 171 Å². The predicted molar refractivity (Wildman–Crippen MR) is 102 cm³/mol. The first-order chi connectivity index (χ1) is 12.6. The molecular weight excluding hydrogens is 376 g/mol. The number of carboxylic acid groups (broad SMARTS) is 1. The number of nitrogens with two attached hydrogens (primary N) is 1. The van der Waals surface area contributed by atoms with E-state index in [0.717, 1.165) is 0 Å². The first-order valence-electron chi connectivity index (χ1n) is 8.57. The predicted octanol–water partition coefficient (Wildman–Crippen LogP) is -1.72. The molecule has 11 heteroatoms. The molecule has 0 saturated carbocycles. The second kappa shape index (κ2) is 13.3. The van der Waals surface area contributed by atoms with E-state index in [9.17, 15) is 24.3 Å². The zero-order valence-electron chi connectivity index (χ0n) is 15.9. The smallest absolute Gasteiger partial charge is 0.326 e. The van der Waals surface area contributed by atoms with E-state index in [4.69, 9.17) is 10.8 Å². The minimum atomic E-state index is -1.14. The molecule has 0 spiro atoms. The number of carbonyl (C=O) groups excluding carboxylic acids is 3. The molecule has 0 aliphatic carbocycles. The van der Waals surface area contributed by atoms with E-state index >= 15 is 0 Å². The number of aliphatic carboxylic acids is 1. The standard InChI is InChI=1S/C16H30N4O6S/c1-9(2)6-12(16(25)26)20-15(24)11(4-5-27-3)19-13(22)7-18-14(23)10(17)8-21/h9-12,21H,4-8,17H2,1-3H3,(H,18,23)(H,19,22)(H,20,24)(H,25,26). The highest BCUT2D eigenvalue weighted by Crippen LogP contribution is 2.07. The fourth-order valence-corrected chi connectivity index (χ4v) is 2.57. The third-order valence-corrected chi connectivity index (χ3v) is 4.18. The summed E-state index contributed by atoms with van der Waals surface area (Å²) in [7, 11) is 0. The minimum Gasteiger partial charge on any atom is -0.480 e. The summed E-state index contributed by atoms with van der Waals surface area (Å²) in [4.78, 5) is 47.2. The van der Waals surface area contributed by atoms with Crippen LogP contribution in [0.15, 0.2) is 0 Å². The Morgan fingerprint density at radius 2 is 1.70 bits per heavy atom. The zero-order chi connectivity index (χ0) is 21.0. The van der Waals surface area contributed by atoms with E-state index < -0.39 is 55.0 Å². The van der Waals surface area contributed by atoms with Crippen LogP contribution in [0.25, 0.3) is 0 Å². The normalized spacial score (nSPS) is 14.1. The van der Waals surface area contributed by atoms with Gasteiger partial charge in [0.05, 0.1) is 13.2 Å². The summed E-state index contributed by atoms with van der Waals surface area (Å²) in [6, 6.07) is -3.11. The molecule has 0 aliphatic heterocycles. The Balaban J connectivity index is 4.84. The number of carboxylic acids is 1. The maximum absolute atomic E-state index is 12.4. The number of amides is 3. The quantitative estimate of drug-likeness (QED) is 0.210. The van der Waals surface area contributed by atoms with Gasteiger partial charge in [0.25, 0.3) is 0 Å². The van der Waals surface area contributed by atoms with Gasteiger partial charge in [-0.15, -0.1) is 0 Å². The van der Waals surface area contributed by atoms with E-state index in [2.05, 4.69) is 16.0 Å². The average molecular weight is 407 g/mol. The summed E-state index contributed by atoms with van der Waals surface area (Å²) in [6.45, 7) is 2.71. The Morgan fingerprint density at radius 1 is 1.07 bits per heavy atom. The fraction of sp³-hybridized carbons (Fsp3) is 0.750. The second-order valence-electron chi connectivity index (χ2n) is 6.44. The lowest BCUT2D eigenvalue weighted by Gasteiger charge is -2.22. The first-order valence-corrected chi connectivity index (χ1v) is 9.97. The summed E-state index contributed by atoms with van der Waals surface area (Å²) in [5, 5.41) is 25.2. The molecule has 0 bridgehead atoms. The number of nitrogens with one attached hydrogen (secondary N) is 3. The SMILES string of the molecule is CSCCC(NC(=O)CNC(=O)C(N)CO)C(=O)NC(CC(C)C)C(=O)O. The van der Waals surface area contributed by atoms with Crippen LogP contribution in [0.3, 0.4) is 0 Å². The van der Waals surface area contributed by atoms with Crippen LogP contribution in [-0.4, -0.2) is 77.2 Å². The molecule has 3 unspecified atom stereocenters. The highest BCUT2D eigenvalue weighted by atomic mass is 32.2. The lowest BCUT2D eigenvalue weighted by atomic mass is 10.0. The van der Waals surface area contributed by atoms with Crippen molar-refractivity contribution in [1.82, 2.24) is 16.0 Å². The summed E-state index contributed by atoms with van der Waals surface area (Å²) in [5.41, 5.74) is 5.32. The number of aliphatic hydroxyl groups is 1. The van der Waals surface area contributed by atoms with Gasteiger partial charge in [0, 0.05) is 0 Å². The van der Waals surface area contributed by atoms with Crippen LogP contribution in [0.2, 0.25) is 0 Å². The third-order valence-electron chi connectivity index (χ3n) is 3.54. The summed E-state index contributed by atoms with van der Waals surface area (Å²) in [5.74, 6) is -2.41. The summed E-state index contributed by atoms with van der Waals surface area (Å²) < 4.78 is 0. The molecule has 7 N–H and O–H groups in total. The maximum Gasteiger partial charge on any atom is 0.326 e. The third kappa shape index (κ3) is 10.8. The number of thioether (sulfide) groups is 1. The Morgan fingerprint density at radius 3 is 2.19 bits per heavy atom. The van der Waals surface area contributed by atoms with Crippen LogP contribution < -0.4 is 21.7 Å². The van der Waals surface area contributed by atoms with Crippen molar-refractivity contribution >= 4 is 35.5 Å². The second-order valence-corrected chi connectivity index (χ2v) is 7.42. The van der Waals surface area contributed by atoms with Crippen LogP contribution in [0.5, 0.6) is 0 Å². The Kier molecular flexibility index (Phi) is 12.4. The Labute approximate surface area is 163 Å². The monoisotopic (exact) mass is 406 g/mol. The van der Waals surface area contributed by atoms with Crippen LogP contribution in [0.4, 0.5) is 0 Å². The fourth-order valence-electron chi connectivity index (χ4n) is 2.10. The van der Waals surface area contributed by atoms with E-state index in [1.165, 1.54) is 11.8 Å². The molecule has 0 aromatic carbocycles. The van der Waals surface area contributed by atoms with Crippen molar-refractivity contribution in [2.24, 2.45) is 11.7 Å². The van der Waals surface area contributed by atoms with Gasteiger partial charge < -0.3 is 31.9 Å². The van der Waals surface area contributed by atoms with E-state index in [1.807, 2.05) is 20.1 Å². The molecule has 0 radical (unpaired) electrons. The van der Waals surface area contributed by atoms with Crippen molar-refractivity contribution in [1.29, 1.82) is 0 Å². The van der Waals surface area contributed by atoms with Crippen LogP contribution >= 0.6 is 11.8 Å². The number of hydrogen-bond donors (Lipinski definition) is 6. The van der Waals surface area contributed by atoms with Gasteiger partial charge in [-0.2, -0.15) is 11.8 Å². The van der Waals surface area contributed by atoms with Crippen LogP contribution in [-0.2, 0) is 19.2 Å². The van der Waals surface area contributed by atoms with E-state index in [0.29, 0.717) is 12.2 Å². The number of carbonyl (C=O) groups is 4. The van der Waals surface area contributed by atoms with Gasteiger partial charge in [-0.3, -0.25) is 14.4 Å². The molecule has 27 heavy (non-hydrogen) atoms. The molecule has 0 heterocycles. The maximum atomic E-state index is 12.4. The summed E-state index contributed by atoms with van der Waals surface area (Å²) in [6.07, 6.45) is 2.41. The Bertz CT molecular complexity index is 517. The van der Waals surface area contributed by atoms with Gasteiger partial charge in [0.15, 0.2) is 0 Å². The molecule has 0 saturated heterocycles. The molecule has 0 fully saturated rings. The van der Waals surface area contributed by atoms with Crippen LogP contribution in [0, 0.1) is 5.92 Å². The zero-order valence-corrected chi connectivity index (χ0v) is 16.7. The van der Waals surface area contributed by atoms with Crippen molar-refractivity contribution < 1.29 is 29.4 Å². The van der Waals surface area contributed by atoms with Gasteiger partial charge in [-0.1, -0.05) is 13.8 Å². The van der Waals surface area contributed by atoms with Gasteiger partial charge in [0.2, 0.25) is 17.7 Å². The molecule has 0 rings (SSSR count). The van der Waals surface area contributed by atoms with Gasteiger partial charge in [-0.25, -0.2) is 4.79 Å². The van der Waals surface area contributed by atoms with Crippen molar-refractivity contribution in [3.8, 4) is 0 Å². The summed E-state index contributed by atoms with van der Waals surface area (Å²) >= 11 is 1.47. The van der Waals surface area contributed by atoms with Gasteiger partial charge >= 0.3 is 5.97 Å². The van der Waals surface area contributed by atoms with E-state index in [1.54, 1.807) is 0 Å². The van der Waals surface area contributed by atoms with Crippen molar-refractivity contribution in [2.45, 2.75) is 44.8 Å². The average Bonchev–Trinajstić information content (AvgIpc) is 2.61.